The van der Waals surface area contributed by atoms with Gasteiger partial charge in [-0.05, 0) is 36.4 Å². The average molecular weight is 324 g/mol. The maximum absolute atomic E-state index is 12.3. The Kier molecular flexibility index (Phi) is 4.51. The molecule has 24 heavy (non-hydrogen) atoms. The van der Waals surface area contributed by atoms with E-state index in [1.54, 1.807) is 32.5 Å². The number of carbonyl (C=O) groups is 1. The van der Waals surface area contributed by atoms with E-state index in [1.165, 1.54) is 11.1 Å². The van der Waals surface area contributed by atoms with Gasteiger partial charge in [0.05, 0.1) is 19.2 Å². The van der Waals surface area contributed by atoms with E-state index in [-0.39, 0.29) is 12.5 Å². The zero-order valence-electron chi connectivity index (χ0n) is 13.3. The van der Waals surface area contributed by atoms with E-state index in [0.29, 0.717) is 17.3 Å². The third kappa shape index (κ3) is 3.40. The van der Waals surface area contributed by atoms with E-state index in [1.807, 2.05) is 24.3 Å². The van der Waals surface area contributed by atoms with Crippen LogP contribution in [-0.2, 0) is 6.54 Å². The van der Waals surface area contributed by atoms with Crippen molar-refractivity contribution in [3.05, 3.63) is 60.2 Å². The molecule has 0 spiro atoms. The first-order valence-electron chi connectivity index (χ1n) is 7.30. The van der Waals surface area contributed by atoms with Crippen molar-refractivity contribution in [3.8, 4) is 17.1 Å². The van der Waals surface area contributed by atoms with Crippen molar-refractivity contribution in [1.29, 1.82) is 0 Å². The predicted octanol–water partition coefficient (Wildman–Crippen LogP) is 2.41. The fourth-order valence-electron chi connectivity index (χ4n) is 2.16. The Morgan fingerprint density at radius 1 is 1.25 bits per heavy atom. The summed E-state index contributed by atoms with van der Waals surface area (Å²) in [5, 5.41) is 3.95. The summed E-state index contributed by atoms with van der Waals surface area (Å²) in [7, 11) is 3.28. The molecule has 0 aliphatic rings. The van der Waals surface area contributed by atoms with Gasteiger partial charge in [0.15, 0.2) is 0 Å². The molecule has 2 heterocycles. The van der Waals surface area contributed by atoms with Crippen LogP contribution in [0.3, 0.4) is 0 Å². The zero-order valence-corrected chi connectivity index (χ0v) is 13.3. The van der Waals surface area contributed by atoms with Gasteiger partial charge in [0.25, 0.3) is 5.91 Å². The van der Waals surface area contributed by atoms with Crippen LogP contribution in [0.4, 0.5) is 0 Å². The highest BCUT2D eigenvalue weighted by atomic mass is 16.5. The molecule has 0 fully saturated rings. The Balaban J connectivity index is 1.70. The fourth-order valence-corrected chi connectivity index (χ4v) is 2.16. The fraction of sp³-hybridized carbons (Fsp3) is 0.176. The lowest BCUT2D eigenvalue weighted by molar-refractivity contribution is 0.0769. The second-order valence-corrected chi connectivity index (χ2v) is 5.14. The summed E-state index contributed by atoms with van der Waals surface area (Å²) in [5.74, 6) is 1.42. The number of aromatic nitrogens is 3. The first kappa shape index (κ1) is 15.7. The summed E-state index contributed by atoms with van der Waals surface area (Å²) in [6.45, 7) is 0.219. The first-order chi connectivity index (χ1) is 11.7. The number of pyridine rings is 1. The molecule has 0 saturated carbocycles. The van der Waals surface area contributed by atoms with Gasteiger partial charge in [0.2, 0.25) is 11.7 Å². The summed E-state index contributed by atoms with van der Waals surface area (Å²) in [5.41, 5.74) is 1.32. The number of nitrogens with zero attached hydrogens (tertiary/aromatic N) is 4. The Hall–Kier alpha value is -3.22. The second-order valence-electron chi connectivity index (χ2n) is 5.14. The summed E-state index contributed by atoms with van der Waals surface area (Å²) in [4.78, 5) is 22.0. The average Bonchev–Trinajstić information content (AvgIpc) is 3.10. The van der Waals surface area contributed by atoms with E-state index >= 15 is 0 Å². The predicted molar refractivity (Wildman–Crippen MR) is 86.3 cm³/mol. The molecule has 3 aromatic rings. The molecule has 7 nitrogen and oxygen atoms in total. The standard InChI is InChI=1S/C17H16N4O3/c1-21(17(22)13-4-3-9-18-10-13)11-15-19-16(20-24-15)12-5-7-14(23-2)8-6-12/h3-10H,11H2,1-2H3. The lowest BCUT2D eigenvalue weighted by Gasteiger charge is -2.14. The first-order valence-corrected chi connectivity index (χ1v) is 7.30. The molecule has 1 aromatic carbocycles. The van der Waals surface area contributed by atoms with Crippen molar-refractivity contribution in [2.24, 2.45) is 0 Å². The lowest BCUT2D eigenvalue weighted by Crippen LogP contribution is -2.26. The molecule has 0 aliphatic carbocycles. The van der Waals surface area contributed by atoms with Crippen molar-refractivity contribution in [3.63, 3.8) is 0 Å². The molecule has 0 atom stereocenters. The topological polar surface area (TPSA) is 81.4 Å². The number of benzene rings is 1. The molecule has 0 unspecified atom stereocenters. The molecular weight excluding hydrogens is 308 g/mol. The minimum atomic E-state index is -0.160. The van der Waals surface area contributed by atoms with Crippen molar-refractivity contribution in [1.82, 2.24) is 20.0 Å². The molecule has 0 radical (unpaired) electrons. The van der Waals surface area contributed by atoms with Crippen LogP contribution in [0.25, 0.3) is 11.4 Å². The second kappa shape index (κ2) is 6.91. The number of hydrogen-bond donors (Lipinski definition) is 0. The van der Waals surface area contributed by atoms with Crippen LogP contribution in [0.15, 0.2) is 53.3 Å². The van der Waals surface area contributed by atoms with Gasteiger partial charge in [-0.25, -0.2) is 0 Å². The van der Waals surface area contributed by atoms with Gasteiger partial charge >= 0.3 is 0 Å². The minimum Gasteiger partial charge on any atom is -0.497 e. The molecule has 0 bridgehead atoms. The Morgan fingerprint density at radius 2 is 2.04 bits per heavy atom. The van der Waals surface area contributed by atoms with Gasteiger partial charge in [-0.2, -0.15) is 4.98 Å². The highest BCUT2D eigenvalue weighted by Crippen LogP contribution is 2.20. The Morgan fingerprint density at radius 3 is 2.71 bits per heavy atom. The lowest BCUT2D eigenvalue weighted by atomic mass is 10.2. The van der Waals surface area contributed by atoms with E-state index in [4.69, 9.17) is 9.26 Å². The monoisotopic (exact) mass is 324 g/mol. The summed E-state index contributed by atoms with van der Waals surface area (Å²) < 4.78 is 10.3. The minimum absolute atomic E-state index is 0.160. The van der Waals surface area contributed by atoms with E-state index in [9.17, 15) is 4.79 Å². The molecule has 1 amide bonds. The van der Waals surface area contributed by atoms with Gasteiger partial charge in [-0.15, -0.1) is 0 Å². The number of carbonyl (C=O) groups excluding carboxylic acids is 1. The van der Waals surface area contributed by atoms with Gasteiger partial charge in [0.1, 0.15) is 5.75 Å². The van der Waals surface area contributed by atoms with Crippen LogP contribution in [0.1, 0.15) is 16.2 Å². The molecular formula is C17H16N4O3. The van der Waals surface area contributed by atoms with Crippen molar-refractivity contribution < 1.29 is 14.1 Å². The van der Waals surface area contributed by atoms with Crippen LogP contribution in [0, 0.1) is 0 Å². The van der Waals surface area contributed by atoms with Gasteiger partial charge in [-0.1, -0.05) is 5.16 Å². The largest absolute Gasteiger partial charge is 0.497 e. The van der Waals surface area contributed by atoms with Crippen LogP contribution in [0.5, 0.6) is 5.75 Å². The summed E-state index contributed by atoms with van der Waals surface area (Å²) >= 11 is 0. The number of methoxy groups -OCH3 is 1. The molecule has 122 valence electrons. The number of hydrogen-bond acceptors (Lipinski definition) is 6. The highest BCUT2D eigenvalue weighted by Gasteiger charge is 2.16. The number of ether oxygens (including phenoxy) is 1. The maximum atomic E-state index is 12.3. The molecule has 7 heteroatoms. The number of amides is 1. The smallest absolute Gasteiger partial charge is 0.255 e. The van der Waals surface area contributed by atoms with Crippen LogP contribution in [-0.4, -0.2) is 40.1 Å². The van der Waals surface area contributed by atoms with Crippen LogP contribution in [0.2, 0.25) is 0 Å². The molecule has 2 aromatic heterocycles. The third-order valence-corrected chi connectivity index (χ3v) is 3.44. The normalized spacial score (nSPS) is 10.4. The van der Waals surface area contributed by atoms with Gasteiger partial charge in [0, 0.05) is 25.0 Å². The van der Waals surface area contributed by atoms with Gasteiger partial charge < -0.3 is 14.2 Å². The molecule has 0 N–H and O–H groups in total. The van der Waals surface area contributed by atoms with Crippen LogP contribution >= 0.6 is 0 Å². The van der Waals surface area contributed by atoms with Gasteiger partial charge in [-0.3, -0.25) is 9.78 Å². The SMILES string of the molecule is COc1ccc(-c2noc(CN(C)C(=O)c3cccnc3)n2)cc1. The Bertz CT molecular complexity index is 815. The van der Waals surface area contributed by atoms with E-state index in [2.05, 4.69) is 15.1 Å². The zero-order chi connectivity index (χ0) is 16.9. The highest BCUT2D eigenvalue weighted by molar-refractivity contribution is 5.93. The summed E-state index contributed by atoms with van der Waals surface area (Å²) in [6.07, 6.45) is 3.14. The van der Waals surface area contributed by atoms with Crippen molar-refractivity contribution >= 4 is 5.91 Å². The van der Waals surface area contributed by atoms with Crippen molar-refractivity contribution in [2.45, 2.75) is 6.54 Å². The van der Waals surface area contributed by atoms with Crippen molar-refractivity contribution in [2.75, 3.05) is 14.2 Å². The van der Waals surface area contributed by atoms with Crippen LogP contribution < -0.4 is 4.74 Å². The maximum Gasteiger partial charge on any atom is 0.255 e. The molecule has 3 rings (SSSR count). The molecule has 0 aliphatic heterocycles. The summed E-state index contributed by atoms with van der Waals surface area (Å²) in [6, 6.07) is 10.8. The van der Waals surface area contributed by atoms with E-state index in [0.717, 1.165) is 11.3 Å². The Labute approximate surface area is 138 Å². The number of rotatable bonds is 5. The third-order valence-electron chi connectivity index (χ3n) is 3.44. The van der Waals surface area contributed by atoms with E-state index < -0.39 is 0 Å². The molecule has 0 saturated heterocycles. The quantitative estimate of drug-likeness (QED) is 0.717.